The molecule has 278 valence electrons. The third-order valence-corrected chi connectivity index (χ3v) is 13.3. The number of nitrogens with two attached hydrogens (primary N) is 1. The number of carbonyl (C=O) groups excluding carboxylic acids is 4. The second kappa shape index (κ2) is 15.5. The molecule has 10 nitrogen and oxygen atoms in total. The van der Waals surface area contributed by atoms with Gasteiger partial charge in [0.25, 0.3) is 0 Å². The van der Waals surface area contributed by atoms with Crippen molar-refractivity contribution in [2.45, 2.75) is 122 Å². The van der Waals surface area contributed by atoms with Gasteiger partial charge in [0, 0.05) is 22.8 Å². The van der Waals surface area contributed by atoms with Crippen LogP contribution >= 0.6 is 22.7 Å². The first-order valence-electron chi connectivity index (χ1n) is 18.3. The van der Waals surface area contributed by atoms with Crippen LogP contribution in [-0.4, -0.2) is 41.2 Å². The minimum absolute atomic E-state index is 0.163. The summed E-state index contributed by atoms with van der Waals surface area (Å²) in [5.41, 5.74) is 5.66. The number of thiophene rings is 1. The zero-order chi connectivity index (χ0) is 37.2. The van der Waals surface area contributed by atoms with E-state index in [0.29, 0.717) is 64.2 Å². The highest BCUT2D eigenvalue weighted by Crippen LogP contribution is 2.47. The van der Waals surface area contributed by atoms with E-state index in [4.69, 9.17) is 29.7 Å². The molecular formula is C40H48N2O8S2. The lowest BCUT2D eigenvalue weighted by atomic mass is 9.85. The van der Waals surface area contributed by atoms with Crippen LogP contribution in [-0.2, 0) is 44.5 Å². The van der Waals surface area contributed by atoms with E-state index in [1.54, 1.807) is 22.7 Å². The number of hydrogen-bond acceptors (Lipinski definition) is 11. The summed E-state index contributed by atoms with van der Waals surface area (Å²) in [4.78, 5) is 56.4. The molecule has 2 saturated carbocycles. The lowest BCUT2D eigenvalue weighted by molar-refractivity contribution is -0.168. The van der Waals surface area contributed by atoms with Crippen molar-refractivity contribution in [3.63, 3.8) is 0 Å². The molecule has 2 fully saturated rings. The van der Waals surface area contributed by atoms with E-state index in [-0.39, 0.29) is 42.0 Å². The Morgan fingerprint density at radius 1 is 0.769 bits per heavy atom. The van der Waals surface area contributed by atoms with E-state index < -0.39 is 17.3 Å². The summed E-state index contributed by atoms with van der Waals surface area (Å²) in [6.45, 7) is 9.32. The Kier molecular flexibility index (Phi) is 11.3. The van der Waals surface area contributed by atoms with Crippen molar-refractivity contribution in [1.82, 2.24) is 4.98 Å². The molecule has 12 heteroatoms. The molecule has 2 aliphatic carbocycles. The maximum absolute atomic E-state index is 13.7. The van der Waals surface area contributed by atoms with E-state index in [1.165, 1.54) is 6.92 Å². The molecule has 2 heterocycles. The average molecular weight is 749 g/mol. The third-order valence-electron chi connectivity index (χ3n) is 11.0. The highest BCUT2D eigenvalue weighted by Gasteiger charge is 2.40. The quantitative estimate of drug-likeness (QED) is 0.117. The van der Waals surface area contributed by atoms with Gasteiger partial charge in [0.2, 0.25) is 0 Å². The molecule has 0 saturated heterocycles. The topological polar surface area (TPSA) is 144 Å². The number of nitrogens with zero attached hydrogens (tertiary/aromatic N) is 1. The molecule has 2 aromatic heterocycles. The van der Waals surface area contributed by atoms with Crippen LogP contribution in [0.4, 0.5) is 4.79 Å². The molecule has 0 radical (unpaired) electrons. The highest BCUT2D eigenvalue weighted by molar-refractivity contribution is 7.28. The van der Waals surface area contributed by atoms with Crippen LogP contribution in [0.3, 0.4) is 0 Å². The van der Waals surface area contributed by atoms with Crippen LogP contribution in [0, 0.1) is 11.8 Å². The van der Waals surface area contributed by atoms with Gasteiger partial charge in [-0.2, -0.15) is 0 Å². The number of carbonyl (C=O) groups is 4. The number of fused-ring (bicyclic) bond motifs is 2. The molecular weight excluding hydrogens is 701 g/mol. The van der Waals surface area contributed by atoms with Crippen molar-refractivity contribution in [2.24, 2.45) is 17.6 Å². The van der Waals surface area contributed by atoms with E-state index in [0.717, 1.165) is 41.3 Å². The zero-order valence-electron chi connectivity index (χ0n) is 30.5. The lowest BCUT2D eigenvalue weighted by Crippen LogP contribution is -2.36. The van der Waals surface area contributed by atoms with Crippen LogP contribution in [0.2, 0.25) is 0 Å². The van der Waals surface area contributed by atoms with Crippen LogP contribution in [0.1, 0.15) is 110 Å². The first-order chi connectivity index (χ1) is 24.8. The van der Waals surface area contributed by atoms with E-state index in [2.05, 4.69) is 18.2 Å². The second-order valence-corrected chi connectivity index (χ2v) is 16.6. The maximum Gasteiger partial charge on any atom is 0.404 e. The van der Waals surface area contributed by atoms with Gasteiger partial charge in [-0.1, -0.05) is 44.2 Å². The van der Waals surface area contributed by atoms with Gasteiger partial charge in [-0.25, -0.2) is 9.78 Å². The summed E-state index contributed by atoms with van der Waals surface area (Å²) in [6, 6.07) is 14.4. The molecule has 4 aromatic rings. The van der Waals surface area contributed by atoms with Crippen molar-refractivity contribution in [3.8, 4) is 9.88 Å². The molecule has 0 spiro atoms. The van der Waals surface area contributed by atoms with Crippen molar-refractivity contribution in [2.75, 3.05) is 0 Å². The Bertz CT molecular complexity index is 1820. The van der Waals surface area contributed by atoms with Gasteiger partial charge in [-0.15, -0.1) is 22.7 Å². The van der Waals surface area contributed by atoms with Crippen molar-refractivity contribution in [1.29, 1.82) is 0 Å². The van der Waals surface area contributed by atoms with Crippen molar-refractivity contribution in [3.05, 3.63) is 53.6 Å². The molecule has 2 aliphatic rings. The van der Waals surface area contributed by atoms with Crippen LogP contribution < -0.4 is 5.73 Å². The Labute approximate surface area is 312 Å². The minimum Gasteiger partial charge on any atom is -0.463 e. The summed E-state index contributed by atoms with van der Waals surface area (Å²) in [5, 5.41) is 1.98. The number of benzene rings is 2. The monoisotopic (exact) mass is 748 g/mol. The number of esters is 3. The maximum atomic E-state index is 13.7. The summed E-state index contributed by atoms with van der Waals surface area (Å²) in [7, 11) is 0. The van der Waals surface area contributed by atoms with Gasteiger partial charge >= 0.3 is 24.0 Å². The molecule has 2 unspecified atom stereocenters. The van der Waals surface area contributed by atoms with E-state index in [9.17, 15) is 19.2 Å². The smallest absolute Gasteiger partial charge is 0.404 e. The normalized spacial score (nSPS) is 22.9. The van der Waals surface area contributed by atoms with Gasteiger partial charge < -0.3 is 24.7 Å². The largest absolute Gasteiger partial charge is 0.463 e. The Morgan fingerprint density at radius 2 is 1.31 bits per heavy atom. The molecule has 2 aromatic carbocycles. The number of primary amides is 1. The molecule has 0 aliphatic heterocycles. The van der Waals surface area contributed by atoms with Crippen molar-refractivity contribution < 1.29 is 38.1 Å². The average Bonchev–Trinajstić information content (AvgIpc) is 3.76. The van der Waals surface area contributed by atoms with Gasteiger partial charge in [-0.05, 0) is 95.6 Å². The van der Waals surface area contributed by atoms with Gasteiger partial charge in [0.05, 0.1) is 26.9 Å². The van der Waals surface area contributed by atoms with Crippen LogP contribution in [0.5, 0.6) is 0 Å². The standard InChI is InChI=1S/C40H48N2O8S2/c1-6-39(4,49-36(44)25-14-18-28(19-15-25)48-38(41)46)29-20-21-30(34-33(29)42-35(52-34)32-22-26-10-8-9-11-31(26)51-32)40(5,7-2)50-37(45)24-12-16-27(17-13-24)47-23(3)43/h8-11,20-22,24-25,27-28H,6-7,12-19H2,1-5H3,(H2,41,46). The molecule has 0 bridgehead atoms. The fraction of sp³-hybridized carbons (Fsp3) is 0.525. The number of aromatic nitrogens is 1. The lowest BCUT2D eigenvalue weighted by Gasteiger charge is -2.35. The Balaban J connectivity index is 1.33. The second-order valence-electron chi connectivity index (χ2n) is 14.5. The Hall–Kier alpha value is -4.03. The molecule has 1 amide bonds. The molecule has 2 atom stereocenters. The summed E-state index contributed by atoms with van der Waals surface area (Å²) in [5.74, 6) is -1.42. The summed E-state index contributed by atoms with van der Waals surface area (Å²) >= 11 is 3.24. The summed E-state index contributed by atoms with van der Waals surface area (Å²) in [6.07, 6.45) is 4.46. The van der Waals surface area contributed by atoms with Gasteiger partial charge in [0.1, 0.15) is 28.4 Å². The SMILES string of the molecule is CCC(C)(OC(=O)C1CCC(OC(N)=O)CC1)c1ccc(C(C)(CC)OC(=O)C2CCC(OC(C)=O)CC2)c2sc(-c3cc4ccccc4s3)nc12. The van der Waals surface area contributed by atoms with Crippen LogP contribution in [0.15, 0.2) is 42.5 Å². The first kappa shape index (κ1) is 37.7. The fourth-order valence-corrected chi connectivity index (χ4v) is 9.85. The number of hydrogen-bond donors (Lipinski definition) is 1. The molecule has 6 rings (SSSR count). The number of thiazole rings is 1. The molecule has 52 heavy (non-hydrogen) atoms. The third kappa shape index (κ3) is 7.97. The van der Waals surface area contributed by atoms with Crippen LogP contribution in [0.25, 0.3) is 30.2 Å². The number of amides is 1. The van der Waals surface area contributed by atoms with Crippen molar-refractivity contribution >= 4 is 67.0 Å². The van der Waals surface area contributed by atoms with Gasteiger partial charge in [-0.3, -0.25) is 14.4 Å². The Morgan fingerprint density at radius 3 is 1.85 bits per heavy atom. The zero-order valence-corrected chi connectivity index (χ0v) is 32.2. The minimum atomic E-state index is -0.986. The highest BCUT2D eigenvalue weighted by atomic mass is 32.1. The summed E-state index contributed by atoms with van der Waals surface area (Å²) < 4.78 is 25.5. The number of ether oxygens (including phenoxy) is 4. The molecule has 2 N–H and O–H groups in total. The van der Waals surface area contributed by atoms with E-state index >= 15 is 0 Å². The van der Waals surface area contributed by atoms with E-state index in [1.807, 2.05) is 52.0 Å². The fourth-order valence-electron chi connectivity index (χ4n) is 7.52. The first-order valence-corrected chi connectivity index (χ1v) is 20.0. The van der Waals surface area contributed by atoms with Gasteiger partial charge in [0.15, 0.2) is 0 Å². The predicted octanol–water partition coefficient (Wildman–Crippen LogP) is 9.29. The predicted molar refractivity (Wildman–Crippen MR) is 202 cm³/mol. The number of rotatable bonds is 11.